The number of anilines is 1. The summed E-state index contributed by atoms with van der Waals surface area (Å²) in [5.74, 6) is -0.632. The van der Waals surface area contributed by atoms with Gasteiger partial charge >= 0.3 is 5.97 Å². The molecule has 2 aromatic carbocycles. The van der Waals surface area contributed by atoms with Gasteiger partial charge in [-0.05, 0) is 48.7 Å². The average Bonchev–Trinajstić information content (AvgIpc) is 2.77. The summed E-state index contributed by atoms with van der Waals surface area (Å²) in [6, 6.07) is 10.3. The van der Waals surface area contributed by atoms with Crippen LogP contribution >= 0.6 is 11.6 Å². The van der Waals surface area contributed by atoms with Crippen LogP contribution < -0.4 is 20.1 Å². The van der Waals surface area contributed by atoms with Crippen molar-refractivity contribution < 1.29 is 28.6 Å². The lowest BCUT2D eigenvalue weighted by Gasteiger charge is -2.19. The van der Waals surface area contributed by atoms with E-state index in [1.54, 1.807) is 42.5 Å². The maximum atomic E-state index is 12.6. The lowest BCUT2D eigenvalue weighted by molar-refractivity contribution is -0.149. The molecular formula is C23H27ClN2O6. The first-order chi connectivity index (χ1) is 15.2. The molecule has 0 heterocycles. The van der Waals surface area contributed by atoms with Crippen molar-refractivity contribution in [2.75, 3.05) is 26.1 Å². The van der Waals surface area contributed by atoms with E-state index < -0.39 is 30.4 Å². The van der Waals surface area contributed by atoms with Gasteiger partial charge in [0.05, 0.1) is 19.9 Å². The Hall–Kier alpha value is -3.26. The molecule has 172 valence electrons. The Kier molecular flexibility index (Phi) is 9.34. The fraction of sp³-hybridized carbons (Fsp3) is 0.348. The molecule has 2 N–H and O–H groups in total. The van der Waals surface area contributed by atoms with Gasteiger partial charge in [0.25, 0.3) is 11.8 Å². The largest absolute Gasteiger partial charge is 0.497 e. The van der Waals surface area contributed by atoms with E-state index >= 15 is 0 Å². The van der Waals surface area contributed by atoms with Gasteiger partial charge in [0.2, 0.25) is 0 Å². The molecule has 1 atom stereocenters. The minimum atomic E-state index is -0.905. The van der Waals surface area contributed by atoms with Gasteiger partial charge in [0.15, 0.2) is 6.61 Å². The Morgan fingerprint density at radius 3 is 2.28 bits per heavy atom. The molecular weight excluding hydrogens is 436 g/mol. The van der Waals surface area contributed by atoms with Gasteiger partial charge in [-0.3, -0.25) is 9.59 Å². The molecule has 0 spiro atoms. The lowest BCUT2D eigenvalue weighted by Crippen LogP contribution is -2.43. The van der Waals surface area contributed by atoms with Crippen molar-refractivity contribution in [3.05, 3.63) is 53.1 Å². The highest BCUT2D eigenvalue weighted by Crippen LogP contribution is 2.28. The number of halogens is 1. The van der Waals surface area contributed by atoms with E-state index in [1.165, 1.54) is 14.2 Å². The van der Waals surface area contributed by atoms with Gasteiger partial charge < -0.3 is 24.8 Å². The second-order valence-corrected chi connectivity index (χ2v) is 7.82. The summed E-state index contributed by atoms with van der Waals surface area (Å²) in [6.45, 7) is 3.30. The fourth-order valence-electron chi connectivity index (χ4n) is 2.86. The van der Waals surface area contributed by atoms with E-state index in [0.29, 0.717) is 34.2 Å². The molecule has 2 aromatic rings. The summed E-state index contributed by atoms with van der Waals surface area (Å²) < 4.78 is 15.5. The van der Waals surface area contributed by atoms with Crippen molar-refractivity contribution in [3.63, 3.8) is 0 Å². The van der Waals surface area contributed by atoms with E-state index in [-0.39, 0.29) is 5.92 Å². The molecule has 8 nitrogen and oxygen atoms in total. The highest BCUT2D eigenvalue weighted by atomic mass is 35.5. The van der Waals surface area contributed by atoms with Crippen LogP contribution in [0.25, 0.3) is 0 Å². The Morgan fingerprint density at radius 1 is 1.00 bits per heavy atom. The predicted molar refractivity (Wildman–Crippen MR) is 121 cm³/mol. The smallest absolute Gasteiger partial charge is 0.329 e. The molecule has 0 fully saturated rings. The van der Waals surface area contributed by atoms with Crippen LogP contribution in [0, 0.1) is 5.92 Å². The third-order valence-electron chi connectivity index (χ3n) is 4.43. The monoisotopic (exact) mass is 462 g/mol. The number of amides is 2. The fourth-order valence-corrected chi connectivity index (χ4v) is 2.99. The number of carbonyl (C=O) groups excluding carboxylic acids is 3. The quantitative estimate of drug-likeness (QED) is 0.522. The molecule has 0 aliphatic heterocycles. The van der Waals surface area contributed by atoms with Crippen molar-refractivity contribution in [2.45, 2.75) is 26.3 Å². The summed E-state index contributed by atoms with van der Waals surface area (Å²) in [6.07, 6.45) is 0.351. The summed E-state index contributed by atoms with van der Waals surface area (Å²) in [4.78, 5) is 37.4. The Morgan fingerprint density at radius 2 is 1.69 bits per heavy atom. The molecule has 0 aliphatic rings. The normalized spacial score (nSPS) is 11.4. The van der Waals surface area contributed by atoms with E-state index in [1.807, 2.05) is 13.8 Å². The second-order valence-electron chi connectivity index (χ2n) is 7.38. The number of ether oxygens (including phenoxy) is 3. The number of benzene rings is 2. The first-order valence-electron chi connectivity index (χ1n) is 9.98. The number of hydrogen-bond acceptors (Lipinski definition) is 6. The van der Waals surface area contributed by atoms with Crippen LogP contribution in [0.3, 0.4) is 0 Å². The van der Waals surface area contributed by atoms with Gasteiger partial charge in [-0.25, -0.2) is 4.79 Å². The second kappa shape index (κ2) is 12.0. The van der Waals surface area contributed by atoms with E-state index in [4.69, 9.17) is 25.8 Å². The zero-order chi connectivity index (χ0) is 23.7. The number of methoxy groups -OCH3 is 2. The summed E-state index contributed by atoms with van der Waals surface area (Å²) in [5.41, 5.74) is 0.737. The van der Waals surface area contributed by atoms with Crippen molar-refractivity contribution in [3.8, 4) is 11.5 Å². The van der Waals surface area contributed by atoms with Crippen molar-refractivity contribution in [2.24, 2.45) is 5.92 Å². The topological polar surface area (TPSA) is 103 Å². The van der Waals surface area contributed by atoms with Gasteiger partial charge in [0.1, 0.15) is 17.5 Å². The minimum absolute atomic E-state index is 0.105. The van der Waals surface area contributed by atoms with Crippen LogP contribution in [0.5, 0.6) is 11.5 Å². The summed E-state index contributed by atoms with van der Waals surface area (Å²) >= 11 is 5.85. The van der Waals surface area contributed by atoms with Crippen LogP contribution in [-0.4, -0.2) is 44.7 Å². The van der Waals surface area contributed by atoms with Crippen LogP contribution in [0.4, 0.5) is 5.69 Å². The molecule has 32 heavy (non-hydrogen) atoms. The maximum absolute atomic E-state index is 12.6. The van der Waals surface area contributed by atoms with Crippen molar-refractivity contribution in [1.29, 1.82) is 0 Å². The van der Waals surface area contributed by atoms with Crippen LogP contribution in [0.15, 0.2) is 42.5 Å². The lowest BCUT2D eigenvalue weighted by atomic mass is 10.0. The third kappa shape index (κ3) is 7.46. The average molecular weight is 463 g/mol. The molecule has 2 rings (SSSR count). The molecule has 0 bridgehead atoms. The van der Waals surface area contributed by atoms with Gasteiger partial charge in [-0.2, -0.15) is 0 Å². The molecule has 0 saturated carbocycles. The molecule has 0 aromatic heterocycles. The van der Waals surface area contributed by atoms with E-state index in [9.17, 15) is 14.4 Å². The summed E-state index contributed by atoms with van der Waals surface area (Å²) in [7, 11) is 2.97. The molecule has 0 saturated heterocycles. The molecule has 0 radical (unpaired) electrons. The third-order valence-corrected chi connectivity index (χ3v) is 4.68. The number of hydrogen-bond donors (Lipinski definition) is 2. The number of nitrogens with one attached hydrogen (secondary N) is 2. The zero-order valence-corrected chi connectivity index (χ0v) is 19.2. The van der Waals surface area contributed by atoms with Gasteiger partial charge in [-0.1, -0.05) is 25.4 Å². The highest BCUT2D eigenvalue weighted by molar-refractivity contribution is 6.30. The number of esters is 1. The van der Waals surface area contributed by atoms with E-state index in [0.717, 1.165) is 0 Å². The molecule has 0 aliphatic carbocycles. The predicted octanol–water partition coefficient (Wildman–Crippen LogP) is 3.68. The van der Waals surface area contributed by atoms with Gasteiger partial charge in [-0.15, -0.1) is 0 Å². The Bertz CT molecular complexity index is 946. The van der Waals surface area contributed by atoms with Crippen LogP contribution in [-0.2, 0) is 14.3 Å². The van der Waals surface area contributed by atoms with Crippen LogP contribution in [0.2, 0.25) is 5.02 Å². The first kappa shape index (κ1) is 25.0. The maximum Gasteiger partial charge on any atom is 0.329 e. The highest BCUT2D eigenvalue weighted by Gasteiger charge is 2.25. The molecule has 9 heteroatoms. The summed E-state index contributed by atoms with van der Waals surface area (Å²) in [5, 5.41) is 5.79. The minimum Gasteiger partial charge on any atom is -0.497 e. The Labute approximate surface area is 192 Å². The van der Waals surface area contributed by atoms with Crippen molar-refractivity contribution >= 4 is 35.1 Å². The van der Waals surface area contributed by atoms with E-state index in [2.05, 4.69) is 10.6 Å². The van der Waals surface area contributed by atoms with Crippen molar-refractivity contribution in [1.82, 2.24) is 5.32 Å². The molecule has 2 amide bonds. The standard InChI is InChI=1S/C23H27ClN2O6/c1-14(2)11-19(26-22(28)15-5-7-16(24)8-6-15)23(29)32-13-21(27)25-18-12-17(30-3)9-10-20(18)31-4/h5-10,12,14,19H,11,13H2,1-4H3,(H,25,27)(H,26,28). The Balaban J connectivity index is 1.99. The molecule has 1 unspecified atom stereocenters. The number of rotatable bonds is 10. The number of carbonyl (C=O) groups is 3. The zero-order valence-electron chi connectivity index (χ0n) is 18.4. The van der Waals surface area contributed by atoms with Crippen LogP contribution in [0.1, 0.15) is 30.6 Å². The SMILES string of the molecule is COc1ccc(OC)c(NC(=O)COC(=O)C(CC(C)C)NC(=O)c2ccc(Cl)cc2)c1. The van der Waals surface area contributed by atoms with Gasteiger partial charge in [0, 0.05) is 16.7 Å². The first-order valence-corrected chi connectivity index (χ1v) is 10.4.